The van der Waals surface area contributed by atoms with Crippen molar-refractivity contribution in [1.29, 1.82) is 0 Å². The van der Waals surface area contributed by atoms with Gasteiger partial charge in [0, 0.05) is 28.9 Å². The molecule has 0 aliphatic carbocycles. The van der Waals surface area contributed by atoms with E-state index in [1.807, 2.05) is 42.5 Å². The normalized spacial score (nSPS) is 17.6. The van der Waals surface area contributed by atoms with Crippen molar-refractivity contribution in [3.05, 3.63) is 60.2 Å². The molecular weight excluding hydrogens is 431 g/mol. The van der Waals surface area contributed by atoms with Crippen molar-refractivity contribution in [2.75, 3.05) is 18.4 Å². The summed E-state index contributed by atoms with van der Waals surface area (Å²) in [6, 6.07) is 17.8. The summed E-state index contributed by atoms with van der Waals surface area (Å²) in [7, 11) is 0. The Bertz CT molecular complexity index is 778. The number of benzene rings is 2. The lowest BCUT2D eigenvalue weighted by Gasteiger charge is -2.13. The second-order valence-corrected chi connectivity index (χ2v) is 7.50. The van der Waals surface area contributed by atoms with Crippen LogP contribution in [-0.2, 0) is 15.3 Å². The highest BCUT2D eigenvalue weighted by Crippen LogP contribution is 2.23. The molecule has 2 aromatic rings. The summed E-state index contributed by atoms with van der Waals surface area (Å²) in [5.74, 6) is 0.586. The Morgan fingerprint density at radius 3 is 2.41 bits per heavy atom. The summed E-state index contributed by atoms with van der Waals surface area (Å²) < 4.78 is 0. The molecule has 1 aliphatic heterocycles. The highest BCUT2D eigenvalue weighted by molar-refractivity contribution is 7.98. The smallest absolute Gasteiger partial charge is 0.241 e. The average Bonchev–Trinajstić information content (AvgIpc) is 3.17. The second-order valence-electron chi connectivity index (χ2n) is 6.45. The van der Waals surface area contributed by atoms with Gasteiger partial charge in [-0.3, -0.25) is 9.59 Å². The molecule has 0 bridgehead atoms. The molecule has 158 valence electrons. The zero-order valence-electron chi connectivity index (χ0n) is 15.8. The number of hydrogen-bond acceptors (Lipinski definition) is 5. The molecule has 3 rings (SSSR count). The summed E-state index contributed by atoms with van der Waals surface area (Å²) in [6.45, 7) is 0.530. The number of anilines is 1. The number of amides is 2. The third-order valence-electron chi connectivity index (χ3n) is 4.37. The predicted molar refractivity (Wildman–Crippen MR) is 123 cm³/mol. The highest BCUT2D eigenvalue weighted by Gasteiger charge is 2.30. The van der Waals surface area contributed by atoms with Crippen molar-refractivity contribution in [2.45, 2.75) is 29.2 Å². The molecule has 29 heavy (non-hydrogen) atoms. The van der Waals surface area contributed by atoms with Gasteiger partial charge in [0.2, 0.25) is 11.8 Å². The van der Waals surface area contributed by atoms with E-state index in [1.54, 1.807) is 11.8 Å². The van der Waals surface area contributed by atoms with Crippen LogP contribution in [0.2, 0.25) is 0 Å². The topological polar surface area (TPSA) is 96.2 Å². The fraction of sp³-hybridized carbons (Fsp3) is 0.300. The Morgan fingerprint density at radius 1 is 1.07 bits per heavy atom. The zero-order valence-corrected chi connectivity index (χ0v) is 18.2. The molecule has 1 unspecified atom stereocenters. The maximum absolute atomic E-state index is 12.4. The van der Waals surface area contributed by atoms with E-state index < -0.39 is 0 Å². The Balaban J connectivity index is 0.00000210. The van der Waals surface area contributed by atoms with Crippen LogP contribution in [0.25, 0.3) is 0 Å². The number of carbonyl (C=O) groups excluding carboxylic acids is 2. The molecule has 0 spiro atoms. The van der Waals surface area contributed by atoms with Crippen LogP contribution in [-0.4, -0.2) is 37.0 Å². The first-order valence-electron chi connectivity index (χ1n) is 8.94. The average molecular weight is 457 g/mol. The van der Waals surface area contributed by atoms with Gasteiger partial charge < -0.3 is 21.7 Å². The summed E-state index contributed by atoms with van der Waals surface area (Å²) >= 11 is 1.78. The van der Waals surface area contributed by atoms with E-state index >= 15 is 0 Å². The first kappa shape index (κ1) is 25.3. The van der Waals surface area contributed by atoms with Gasteiger partial charge in [0.05, 0.1) is 12.6 Å². The number of halogens is 2. The third-order valence-corrected chi connectivity index (χ3v) is 5.45. The maximum atomic E-state index is 12.4. The minimum absolute atomic E-state index is 0. The molecule has 1 heterocycles. The van der Waals surface area contributed by atoms with Gasteiger partial charge in [0.25, 0.3) is 0 Å². The first-order chi connectivity index (χ1) is 13.1. The zero-order chi connectivity index (χ0) is 19.1. The van der Waals surface area contributed by atoms with E-state index in [2.05, 4.69) is 28.1 Å². The second kappa shape index (κ2) is 12.7. The van der Waals surface area contributed by atoms with Gasteiger partial charge in [0.1, 0.15) is 0 Å². The summed E-state index contributed by atoms with van der Waals surface area (Å²) in [6.07, 6.45) is 0.559. The Hall–Kier alpha value is -1.77. The van der Waals surface area contributed by atoms with Crippen molar-refractivity contribution in [3.63, 3.8) is 0 Å². The lowest BCUT2D eigenvalue weighted by Crippen LogP contribution is -2.39. The van der Waals surface area contributed by atoms with Crippen molar-refractivity contribution in [3.8, 4) is 0 Å². The summed E-state index contributed by atoms with van der Waals surface area (Å²) in [5.41, 5.74) is 7.27. The summed E-state index contributed by atoms with van der Waals surface area (Å²) in [4.78, 5) is 25.0. The number of nitrogens with one attached hydrogen (secondary N) is 3. The van der Waals surface area contributed by atoms with Gasteiger partial charge in [-0.05, 0) is 36.2 Å². The van der Waals surface area contributed by atoms with Crippen LogP contribution in [0.1, 0.15) is 12.0 Å². The molecule has 0 saturated carbocycles. The lowest BCUT2D eigenvalue weighted by molar-refractivity contribution is -0.121. The number of thioether (sulfide) groups is 1. The van der Waals surface area contributed by atoms with E-state index in [0.717, 1.165) is 11.4 Å². The monoisotopic (exact) mass is 456 g/mol. The molecule has 2 atom stereocenters. The standard InChI is InChI=1S/C20H24N4O2S.2ClH/c21-11-19(25)23-16-10-18(22-12-16)20(26)24-15-8-6-14(7-9-15)13-27-17-4-2-1-3-5-17;;/h1-9,16,18,22H,10-13,21H2,(H,23,25)(H,24,26);2*1H/t16?,18-;;/m0../s1. The Morgan fingerprint density at radius 2 is 1.76 bits per heavy atom. The largest absolute Gasteiger partial charge is 0.351 e. The van der Waals surface area contributed by atoms with Gasteiger partial charge in [-0.1, -0.05) is 30.3 Å². The third kappa shape index (κ3) is 7.87. The first-order valence-corrected chi connectivity index (χ1v) is 9.93. The highest BCUT2D eigenvalue weighted by atomic mass is 35.5. The number of rotatable bonds is 7. The van der Waals surface area contributed by atoms with Gasteiger partial charge in [-0.25, -0.2) is 0 Å². The van der Waals surface area contributed by atoms with Crippen LogP contribution in [0.5, 0.6) is 0 Å². The summed E-state index contributed by atoms with van der Waals surface area (Å²) in [5, 5.41) is 8.87. The molecule has 2 aromatic carbocycles. The van der Waals surface area contributed by atoms with E-state index in [4.69, 9.17) is 5.73 Å². The van der Waals surface area contributed by atoms with Gasteiger partial charge in [0.15, 0.2) is 0 Å². The van der Waals surface area contributed by atoms with Crippen molar-refractivity contribution in [1.82, 2.24) is 10.6 Å². The van der Waals surface area contributed by atoms with Crippen LogP contribution >= 0.6 is 36.6 Å². The van der Waals surface area contributed by atoms with Crippen LogP contribution in [0.4, 0.5) is 5.69 Å². The van der Waals surface area contributed by atoms with E-state index in [0.29, 0.717) is 13.0 Å². The molecular formula is C20H26Cl2N4O2S. The predicted octanol–water partition coefficient (Wildman–Crippen LogP) is 2.57. The van der Waals surface area contributed by atoms with Crippen molar-refractivity contribution in [2.24, 2.45) is 5.73 Å². The van der Waals surface area contributed by atoms with Crippen molar-refractivity contribution < 1.29 is 9.59 Å². The number of nitrogens with two attached hydrogens (primary N) is 1. The van der Waals surface area contributed by atoms with Gasteiger partial charge >= 0.3 is 0 Å². The van der Waals surface area contributed by atoms with Crippen LogP contribution in [0, 0.1) is 0 Å². The minimum atomic E-state index is -0.318. The quantitative estimate of drug-likeness (QED) is 0.480. The van der Waals surface area contributed by atoms with Crippen LogP contribution in [0.15, 0.2) is 59.5 Å². The van der Waals surface area contributed by atoms with Crippen molar-refractivity contribution >= 4 is 54.1 Å². The van der Waals surface area contributed by atoms with Gasteiger partial charge in [-0.15, -0.1) is 36.6 Å². The maximum Gasteiger partial charge on any atom is 0.241 e. The van der Waals surface area contributed by atoms with E-state index in [-0.39, 0.29) is 55.3 Å². The molecule has 1 fully saturated rings. The molecule has 1 saturated heterocycles. The van der Waals surface area contributed by atoms with E-state index in [1.165, 1.54) is 10.5 Å². The lowest BCUT2D eigenvalue weighted by atomic mass is 10.1. The Labute approximate surface area is 187 Å². The fourth-order valence-electron chi connectivity index (χ4n) is 2.93. The molecule has 5 N–H and O–H groups in total. The Kier molecular flexibility index (Phi) is 11.1. The molecule has 0 radical (unpaired) electrons. The van der Waals surface area contributed by atoms with Gasteiger partial charge in [-0.2, -0.15) is 0 Å². The fourth-order valence-corrected chi connectivity index (χ4v) is 3.80. The van der Waals surface area contributed by atoms with Crippen LogP contribution < -0.4 is 21.7 Å². The number of hydrogen-bond donors (Lipinski definition) is 4. The minimum Gasteiger partial charge on any atom is -0.351 e. The number of carbonyl (C=O) groups is 2. The molecule has 0 aromatic heterocycles. The molecule has 1 aliphatic rings. The van der Waals surface area contributed by atoms with E-state index in [9.17, 15) is 9.59 Å². The van der Waals surface area contributed by atoms with Crippen LogP contribution in [0.3, 0.4) is 0 Å². The molecule has 6 nitrogen and oxygen atoms in total. The molecule has 2 amide bonds. The SMILES string of the molecule is Cl.Cl.NCC(=O)NC1CN[C@H](C(=O)Nc2ccc(CSc3ccccc3)cc2)C1. The molecule has 9 heteroatoms.